The molecule has 248 valence electrons. The molecule has 1 aromatic heterocycles. The Hall–Kier alpha value is -5.26. The Morgan fingerprint density at radius 1 is 0.915 bits per heavy atom. The number of hydrogen-bond donors (Lipinski definition) is 5. The maximum atomic E-state index is 13.5. The minimum atomic E-state index is -1.26. The summed E-state index contributed by atoms with van der Waals surface area (Å²) in [4.78, 5) is 71.3. The highest BCUT2D eigenvalue weighted by Crippen LogP contribution is 2.19. The molecule has 0 unspecified atom stereocenters. The van der Waals surface area contributed by atoms with E-state index in [4.69, 9.17) is 4.74 Å². The number of para-hydroxylation sites is 1. The average molecular weight is 643 g/mol. The van der Waals surface area contributed by atoms with Crippen molar-refractivity contribution >= 4 is 29.5 Å². The summed E-state index contributed by atoms with van der Waals surface area (Å²) in [6, 6.07) is 18.2. The van der Waals surface area contributed by atoms with Crippen LogP contribution < -0.4 is 31.3 Å². The molecule has 0 radical (unpaired) electrons. The third-order valence-corrected chi connectivity index (χ3v) is 7.61. The summed E-state index contributed by atoms with van der Waals surface area (Å²) in [5, 5.41) is 13.9. The van der Waals surface area contributed by atoms with E-state index >= 15 is 0 Å². The highest BCUT2D eigenvalue weighted by molar-refractivity contribution is 6.01. The number of amides is 5. The van der Waals surface area contributed by atoms with Crippen LogP contribution in [0.5, 0.6) is 5.75 Å². The minimum Gasteiger partial charge on any atom is -0.493 e. The number of ether oxygens (including phenoxy) is 1. The van der Waals surface area contributed by atoms with Gasteiger partial charge in [0, 0.05) is 37.8 Å². The molecule has 0 saturated carbocycles. The number of pyridine rings is 1. The van der Waals surface area contributed by atoms with Crippen molar-refractivity contribution in [2.24, 2.45) is 5.92 Å². The SMILES string of the molecule is CC(C)[C@H]1NC(=O)C[C@@H](C(=O)NCCc2ccccn2)NC(=O)c2ccccc2OCCCNC(=O)[C@H](Cc2ccccc2)NC1=O. The summed E-state index contributed by atoms with van der Waals surface area (Å²) < 4.78 is 5.88. The fourth-order valence-electron chi connectivity index (χ4n) is 5.07. The molecule has 12 nitrogen and oxygen atoms in total. The van der Waals surface area contributed by atoms with E-state index in [1.807, 2.05) is 42.5 Å². The fraction of sp³-hybridized carbons (Fsp3) is 0.371. The van der Waals surface area contributed by atoms with Crippen molar-refractivity contribution in [1.82, 2.24) is 31.6 Å². The summed E-state index contributed by atoms with van der Waals surface area (Å²) in [5.41, 5.74) is 1.81. The first-order chi connectivity index (χ1) is 22.7. The number of fused-ring (bicyclic) bond motifs is 1. The monoisotopic (exact) mass is 642 g/mol. The largest absolute Gasteiger partial charge is 0.493 e. The van der Waals surface area contributed by atoms with Gasteiger partial charge in [0.05, 0.1) is 18.6 Å². The van der Waals surface area contributed by atoms with E-state index in [0.717, 1.165) is 11.3 Å². The summed E-state index contributed by atoms with van der Waals surface area (Å²) in [7, 11) is 0. The van der Waals surface area contributed by atoms with Crippen molar-refractivity contribution in [2.45, 2.75) is 57.7 Å². The summed E-state index contributed by atoms with van der Waals surface area (Å²) in [5.74, 6) is -2.77. The minimum absolute atomic E-state index is 0.187. The molecule has 5 amide bonds. The summed E-state index contributed by atoms with van der Waals surface area (Å²) in [6.07, 6.45) is 2.34. The van der Waals surface area contributed by atoms with E-state index in [1.165, 1.54) is 0 Å². The second-order valence-electron chi connectivity index (χ2n) is 11.6. The Balaban J connectivity index is 1.57. The van der Waals surface area contributed by atoms with Crippen LogP contribution in [-0.4, -0.2) is 72.3 Å². The second kappa shape index (κ2) is 17.4. The maximum Gasteiger partial charge on any atom is 0.255 e. The molecule has 47 heavy (non-hydrogen) atoms. The van der Waals surface area contributed by atoms with Crippen molar-refractivity contribution < 1.29 is 28.7 Å². The normalized spacial score (nSPS) is 19.9. The standard InChI is InChI=1S/C35H42N6O6/c1-23(2)31-35(46)40-27(21-24-11-4-3-5-12-24)33(44)37-18-10-20-47-29-15-7-6-14-26(29)32(43)39-28(22-30(42)41-31)34(45)38-19-16-25-13-8-9-17-36-25/h3-9,11-15,17,23,27-28,31H,10,16,18-22H2,1-2H3,(H,37,44)(H,38,45)(H,39,43)(H,40,46)(H,41,42)/t27-,28-,31+/m0/s1. The number of aromatic nitrogens is 1. The molecular weight excluding hydrogens is 600 g/mol. The van der Waals surface area contributed by atoms with Crippen LogP contribution in [-0.2, 0) is 32.0 Å². The van der Waals surface area contributed by atoms with Gasteiger partial charge < -0.3 is 31.3 Å². The number of carbonyl (C=O) groups is 5. The molecular formula is C35H42N6O6. The lowest BCUT2D eigenvalue weighted by atomic mass is 10.0. The van der Waals surface area contributed by atoms with Crippen molar-refractivity contribution in [3.8, 4) is 5.75 Å². The quantitative estimate of drug-likeness (QED) is 0.262. The van der Waals surface area contributed by atoms with Crippen LogP contribution >= 0.6 is 0 Å². The summed E-state index contributed by atoms with van der Waals surface area (Å²) >= 11 is 0. The van der Waals surface area contributed by atoms with E-state index in [-0.39, 0.29) is 43.5 Å². The second-order valence-corrected chi connectivity index (χ2v) is 11.6. The number of rotatable bonds is 7. The first-order valence-electron chi connectivity index (χ1n) is 15.8. The molecule has 5 N–H and O–H groups in total. The Bertz CT molecular complexity index is 1520. The van der Waals surface area contributed by atoms with Crippen molar-refractivity contribution in [1.29, 1.82) is 0 Å². The van der Waals surface area contributed by atoms with E-state index in [1.54, 1.807) is 50.4 Å². The molecule has 0 saturated heterocycles. The fourth-order valence-corrected chi connectivity index (χ4v) is 5.07. The topological polar surface area (TPSA) is 168 Å². The highest BCUT2D eigenvalue weighted by atomic mass is 16.5. The van der Waals surface area contributed by atoms with Crippen molar-refractivity contribution in [2.75, 3.05) is 19.7 Å². The van der Waals surface area contributed by atoms with Gasteiger partial charge in [-0.2, -0.15) is 0 Å². The van der Waals surface area contributed by atoms with Gasteiger partial charge in [-0.05, 0) is 42.2 Å². The van der Waals surface area contributed by atoms with Gasteiger partial charge in [-0.3, -0.25) is 29.0 Å². The third kappa shape index (κ3) is 10.7. The van der Waals surface area contributed by atoms with Gasteiger partial charge in [0.1, 0.15) is 23.9 Å². The molecule has 1 aliphatic rings. The van der Waals surface area contributed by atoms with Crippen molar-refractivity contribution in [3.63, 3.8) is 0 Å². The van der Waals surface area contributed by atoms with Gasteiger partial charge >= 0.3 is 0 Å². The Morgan fingerprint density at radius 3 is 2.40 bits per heavy atom. The van der Waals surface area contributed by atoms with Gasteiger partial charge in [-0.15, -0.1) is 0 Å². The zero-order valence-electron chi connectivity index (χ0n) is 26.7. The number of nitrogens with one attached hydrogen (secondary N) is 5. The lowest BCUT2D eigenvalue weighted by Crippen LogP contribution is -2.57. The number of benzene rings is 2. The maximum absolute atomic E-state index is 13.5. The lowest BCUT2D eigenvalue weighted by molar-refractivity contribution is -0.133. The number of hydrogen-bond acceptors (Lipinski definition) is 7. The van der Waals surface area contributed by atoms with Gasteiger partial charge in [0.2, 0.25) is 23.6 Å². The third-order valence-electron chi connectivity index (χ3n) is 7.61. The molecule has 2 heterocycles. The highest BCUT2D eigenvalue weighted by Gasteiger charge is 2.31. The van der Waals surface area contributed by atoms with Gasteiger partial charge in [0.25, 0.3) is 5.91 Å². The van der Waals surface area contributed by atoms with E-state index in [2.05, 4.69) is 31.6 Å². The molecule has 0 spiro atoms. The molecule has 3 aromatic rings. The average Bonchev–Trinajstić information content (AvgIpc) is 3.06. The first kappa shape index (κ1) is 34.6. The molecule has 0 aliphatic carbocycles. The smallest absolute Gasteiger partial charge is 0.255 e. The first-order valence-corrected chi connectivity index (χ1v) is 15.8. The zero-order valence-corrected chi connectivity index (χ0v) is 26.7. The molecule has 0 bridgehead atoms. The molecule has 2 aromatic carbocycles. The van der Waals surface area contributed by atoms with Gasteiger partial charge in [-0.1, -0.05) is 62.4 Å². The molecule has 3 atom stereocenters. The predicted molar refractivity (Wildman–Crippen MR) is 175 cm³/mol. The van der Waals surface area contributed by atoms with Crippen LogP contribution in [0.15, 0.2) is 79.0 Å². The van der Waals surface area contributed by atoms with E-state index in [0.29, 0.717) is 18.6 Å². The van der Waals surface area contributed by atoms with Crippen LogP contribution in [0.4, 0.5) is 0 Å². The Labute approximate surface area is 274 Å². The number of nitrogens with zero attached hydrogens (tertiary/aromatic N) is 1. The van der Waals surface area contributed by atoms with E-state index < -0.39 is 48.2 Å². The number of carbonyl (C=O) groups excluding carboxylic acids is 5. The molecule has 0 fully saturated rings. The molecule has 4 rings (SSSR count). The van der Waals surface area contributed by atoms with Crippen LogP contribution in [0.2, 0.25) is 0 Å². The Kier molecular flexibility index (Phi) is 12.8. The van der Waals surface area contributed by atoms with E-state index in [9.17, 15) is 24.0 Å². The van der Waals surface area contributed by atoms with Crippen molar-refractivity contribution in [3.05, 3.63) is 95.8 Å². The Morgan fingerprint density at radius 2 is 1.66 bits per heavy atom. The van der Waals surface area contributed by atoms with Crippen LogP contribution in [0.3, 0.4) is 0 Å². The van der Waals surface area contributed by atoms with Gasteiger partial charge in [-0.25, -0.2) is 0 Å². The van der Waals surface area contributed by atoms with Crippen LogP contribution in [0, 0.1) is 5.92 Å². The van der Waals surface area contributed by atoms with Gasteiger partial charge in [0.15, 0.2) is 0 Å². The zero-order chi connectivity index (χ0) is 33.6. The van der Waals surface area contributed by atoms with Crippen LogP contribution in [0.25, 0.3) is 0 Å². The summed E-state index contributed by atoms with van der Waals surface area (Å²) in [6.45, 7) is 4.22. The molecule has 1 aliphatic heterocycles. The predicted octanol–water partition coefficient (Wildman–Crippen LogP) is 1.70. The lowest BCUT2D eigenvalue weighted by Gasteiger charge is -2.26. The van der Waals surface area contributed by atoms with Crippen LogP contribution in [0.1, 0.15) is 48.3 Å². The molecule has 12 heteroatoms.